The van der Waals surface area contributed by atoms with Crippen molar-refractivity contribution < 1.29 is 19.4 Å². The van der Waals surface area contributed by atoms with Crippen LogP contribution in [0.15, 0.2) is 0 Å². The summed E-state index contributed by atoms with van der Waals surface area (Å²) in [6.45, 7) is 8.01. The molecule has 0 radical (unpaired) electrons. The minimum Gasteiger partial charge on any atom is -0.444 e. The highest BCUT2D eigenvalue weighted by atomic mass is 16.6. The van der Waals surface area contributed by atoms with E-state index in [9.17, 15) is 14.7 Å². The van der Waals surface area contributed by atoms with Crippen molar-refractivity contribution in [1.82, 2.24) is 4.90 Å². The Morgan fingerprint density at radius 2 is 2.16 bits per heavy atom. The van der Waals surface area contributed by atoms with E-state index in [1.165, 1.54) is 0 Å². The van der Waals surface area contributed by atoms with E-state index in [2.05, 4.69) is 0 Å². The zero-order valence-corrected chi connectivity index (χ0v) is 12.3. The second kappa shape index (κ2) is 6.37. The van der Waals surface area contributed by atoms with Crippen molar-refractivity contribution in [3.05, 3.63) is 0 Å². The van der Waals surface area contributed by atoms with Gasteiger partial charge in [-0.05, 0) is 40.5 Å². The Morgan fingerprint density at radius 1 is 1.53 bits per heavy atom. The molecule has 1 fully saturated rings. The van der Waals surface area contributed by atoms with Gasteiger partial charge >= 0.3 is 6.09 Å². The van der Waals surface area contributed by atoms with Crippen molar-refractivity contribution in [3.8, 4) is 0 Å². The van der Waals surface area contributed by atoms with Crippen molar-refractivity contribution in [2.75, 3.05) is 13.1 Å². The third-order valence-corrected chi connectivity index (χ3v) is 3.11. The Morgan fingerprint density at radius 3 is 2.68 bits per heavy atom. The smallest absolute Gasteiger partial charge is 0.410 e. The van der Waals surface area contributed by atoms with Crippen LogP contribution < -0.4 is 0 Å². The summed E-state index contributed by atoms with van der Waals surface area (Å²) in [4.78, 5) is 25.3. The highest BCUT2D eigenvalue weighted by molar-refractivity contribution is 5.84. The predicted octanol–water partition coefficient (Wildman–Crippen LogP) is 1.97. The Balaban J connectivity index is 2.54. The lowest BCUT2D eigenvalue weighted by Gasteiger charge is -2.33. The summed E-state index contributed by atoms with van der Waals surface area (Å²) < 4.78 is 5.31. The van der Waals surface area contributed by atoms with Gasteiger partial charge in [0.1, 0.15) is 11.4 Å². The van der Waals surface area contributed by atoms with Crippen molar-refractivity contribution in [3.63, 3.8) is 0 Å². The summed E-state index contributed by atoms with van der Waals surface area (Å²) >= 11 is 0. The lowest BCUT2D eigenvalue weighted by atomic mass is 9.91. The summed E-state index contributed by atoms with van der Waals surface area (Å²) in [6.07, 6.45) is 0.810. The first-order valence-corrected chi connectivity index (χ1v) is 6.88. The first-order valence-electron chi connectivity index (χ1n) is 6.88. The number of ketones is 1. The standard InChI is InChI=1S/C14H25NO4/c1-10(16)5-6-11-9-15(8-7-12(11)17)13(18)19-14(2,3)4/h10-11,16H,5-9H2,1-4H3. The minimum absolute atomic E-state index is 0.170. The molecular weight excluding hydrogens is 246 g/mol. The van der Waals surface area contributed by atoms with Gasteiger partial charge in [0.05, 0.1) is 6.10 Å². The van der Waals surface area contributed by atoms with E-state index in [0.29, 0.717) is 32.4 Å². The van der Waals surface area contributed by atoms with Gasteiger partial charge in [0.15, 0.2) is 0 Å². The Kier molecular flexibility index (Phi) is 5.35. The number of piperidine rings is 1. The molecule has 0 aromatic heterocycles. The number of carbonyl (C=O) groups is 2. The summed E-state index contributed by atoms with van der Waals surface area (Å²) in [5.41, 5.74) is -0.520. The molecule has 1 aliphatic rings. The number of likely N-dealkylation sites (tertiary alicyclic amines) is 1. The number of hydrogen-bond donors (Lipinski definition) is 1. The highest BCUT2D eigenvalue weighted by Crippen LogP contribution is 2.21. The summed E-state index contributed by atoms with van der Waals surface area (Å²) in [7, 11) is 0. The monoisotopic (exact) mass is 271 g/mol. The molecule has 110 valence electrons. The molecule has 0 aromatic rings. The van der Waals surface area contributed by atoms with E-state index in [0.717, 1.165) is 0 Å². The van der Waals surface area contributed by atoms with Gasteiger partial charge in [-0.2, -0.15) is 0 Å². The summed E-state index contributed by atoms with van der Waals surface area (Å²) in [5, 5.41) is 9.28. The van der Waals surface area contributed by atoms with Crippen LogP contribution in [-0.4, -0.2) is 46.7 Å². The highest BCUT2D eigenvalue weighted by Gasteiger charge is 2.32. The Labute approximate surface area is 114 Å². The number of rotatable bonds is 3. The van der Waals surface area contributed by atoms with Crippen molar-refractivity contribution >= 4 is 11.9 Å². The normalized spacial score (nSPS) is 22.3. The molecule has 2 atom stereocenters. The molecule has 5 heteroatoms. The maximum absolute atomic E-state index is 11.9. The number of hydrogen-bond acceptors (Lipinski definition) is 4. The number of Topliss-reactive ketones (excluding diaryl/α,β-unsaturated/α-hetero) is 1. The second-order valence-electron chi connectivity index (χ2n) is 6.27. The minimum atomic E-state index is -0.520. The molecule has 0 saturated carbocycles. The number of carbonyl (C=O) groups excluding carboxylic acids is 2. The van der Waals surface area contributed by atoms with E-state index in [-0.39, 0.29) is 17.8 Å². The average Bonchev–Trinajstić information content (AvgIpc) is 2.25. The van der Waals surface area contributed by atoms with Gasteiger partial charge in [-0.3, -0.25) is 4.79 Å². The number of ether oxygens (including phenoxy) is 1. The van der Waals surface area contributed by atoms with E-state index in [4.69, 9.17) is 4.74 Å². The molecule has 5 nitrogen and oxygen atoms in total. The molecule has 1 saturated heterocycles. The lowest BCUT2D eigenvalue weighted by Crippen LogP contribution is -2.46. The van der Waals surface area contributed by atoms with Gasteiger partial charge in [-0.1, -0.05) is 0 Å². The average molecular weight is 271 g/mol. The van der Waals surface area contributed by atoms with E-state index < -0.39 is 11.7 Å². The van der Waals surface area contributed by atoms with E-state index >= 15 is 0 Å². The van der Waals surface area contributed by atoms with Gasteiger partial charge in [0.2, 0.25) is 0 Å². The van der Waals surface area contributed by atoms with Crippen LogP contribution >= 0.6 is 0 Å². The molecule has 1 aliphatic heterocycles. The predicted molar refractivity (Wildman–Crippen MR) is 71.8 cm³/mol. The molecule has 1 rings (SSSR count). The molecule has 19 heavy (non-hydrogen) atoms. The number of aliphatic hydroxyl groups is 1. The summed E-state index contributed by atoms with van der Waals surface area (Å²) in [6, 6.07) is 0. The SMILES string of the molecule is CC(O)CCC1CN(C(=O)OC(C)(C)C)CCC1=O. The van der Waals surface area contributed by atoms with Crippen LogP contribution in [0.2, 0.25) is 0 Å². The van der Waals surface area contributed by atoms with Gasteiger partial charge in [-0.25, -0.2) is 4.79 Å². The molecule has 0 spiro atoms. The fourth-order valence-electron chi connectivity index (χ4n) is 2.10. The zero-order valence-electron chi connectivity index (χ0n) is 12.3. The number of amides is 1. The van der Waals surface area contributed by atoms with Crippen LogP contribution in [0, 0.1) is 5.92 Å². The topological polar surface area (TPSA) is 66.8 Å². The van der Waals surface area contributed by atoms with Crippen molar-refractivity contribution in [2.24, 2.45) is 5.92 Å². The molecule has 0 aromatic carbocycles. The molecule has 1 amide bonds. The fourth-order valence-corrected chi connectivity index (χ4v) is 2.10. The van der Waals surface area contributed by atoms with Gasteiger partial charge < -0.3 is 14.7 Å². The van der Waals surface area contributed by atoms with Crippen molar-refractivity contribution in [1.29, 1.82) is 0 Å². The number of nitrogens with zero attached hydrogens (tertiary/aromatic N) is 1. The van der Waals surface area contributed by atoms with Crippen LogP contribution in [0.3, 0.4) is 0 Å². The van der Waals surface area contributed by atoms with Crippen LogP contribution in [0.4, 0.5) is 4.79 Å². The van der Waals surface area contributed by atoms with Gasteiger partial charge in [0, 0.05) is 25.4 Å². The third-order valence-electron chi connectivity index (χ3n) is 3.11. The number of aliphatic hydroxyl groups excluding tert-OH is 1. The molecule has 0 bridgehead atoms. The second-order valence-corrected chi connectivity index (χ2v) is 6.27. The third kappa shape index (κ3) is 5.59. The maximum atomic E-state index is 11.9. The molecule has 2 unspecified atom stereocenters. The quantitative estimate of drug-likeness (QED) is 0.852. The Bertz CT molecular complexity index is 333. The molecular formula is C14H25NO4. The molecule has 1 N–H and O–H groups in total. The fraction of sp³-hybridized carbons (Fsp3) is 0.857. The van der Waals surface area contributed by atoms with Crippen LogP contribution in [-0.2, 0) is 9.53 Å². The molecule has 0 aliphatic carbocycles. The van der Waals surface area contributed by atoms with E-state index in [1.807, 2.05) is 20.8 Å². The van der Waals surface area contributed by atoms with E-state index in [1.54, 1.807) is 11.8 Å². The van der Waals surface area contributed by atoms with Crippen LogP contribution in [0.5, 0.6) is 0 Å². The largest absolute Gasteiger partial charge is 0.444 e. The van der Waals surface area contributed by atoms with Crippen LogP contribution in [0.25, 0.3) is 0 Å². The first-order chi connectivity index (χ1) is 8.69. The Hall–Kier alpha value is -1.10. The maximum Gasteiger partial charge on any atom is 0.410 e. The lowest BCUT2D eigenvalue weighted by molar-refractivity contribution is -0.126. The van der Waals surface area contributed by atoms with Gasteiger partial charge in [-0.15, -0.1) is 0 Å². The van der Waals surface area contributed by atoms with Crippen molar-refractivity contribution in [2.45, 2.75) is 58.7 Å². The zero-order chi connectivity index (χ0) is 14.6. The van der Waals surface area contributed by atoms with Gasteiger partial charge in [0.25, 0.3) is 0 Å². The molecule has 1 heterocycles. The summed E-state index contributed by atoms with van der Waals surface area (Å²) in [5.74, 6) is 0.0105. The van der Waals surface area contributed by atoms with Crippen LogP contribution in [0.1, 0.15) is 47.0 Å². The first kappa shape index (κ1) is 16.0.